The molecule has 254 valence electrons. The third-order valence-electron chi connectivity index (χ3n) is 6.33. The number of aryl methyl sites for hydroxylation is 1. The minimum atomic E-state index is -0.411. The number of carbonyl (C=O) groups excluding carboxylic acids is 1. The van der Waals surface area contributed by atoms with Crippen molar-refractivity contribution >= 4 is 24.4 Å². The molecular weight excluding hydrogens is 559 g/mol. The van der Waals surface area contributed by atoms with Gasteiger partial charge in [-0.3, -0.25) is 14.8 Å². The minimum absolute atomic E-state index is 0.0972. The van der Waals surface area contributed by atoms with E-state index in [1.807, 2.05) is 73.7 Å². The van der Waals surface area contributed by atoms with Gasteiger partial charge in [0.2, 0.25) is 0 Å². The highest BCUT2D eigenvalue weighted by molar-refractivity contribution is 5.94. The van der Waals surface area contributed by atoms with Crippen molar-refractivity contribution in [2.24, 2.45) is 21.3 Å². The maximum absolute atomic E-state index is 14.0. The second-order valence-corrected chi connectivity index (χ2v) is 12.0. The number of Topliss-reactive ketones (excluding diaryl/α,β-unsaturated/α-hetero) is 1. The molecule has 0 unspecified atom stereocenters. The van der Waals surface area contributed by atoms with Crippen molar-refractivity contribution in [3.05, 3.63) is 77.3 Å². The zero-order valence-electron chi connectivity index (χ0n) is 31.0. The molecule has 0 fully saturated rings. The van der Waals surface area contributed by atoms with Crippen molar-refractivity contribution in [1.82, 2.24) is 0 Å². The monoisotopic (exact) mass is 625 g/mol. The standard InChI is InChI=1S/C16H14FNO.C9H15N.C8H18.C5H12O.C2H6/c1-10-4-5-13(9-16(10)18-3)14-7-6-12(11(2)19)8-15(14)17;1-5-9(6-2)7-10-8(3)4;1-4-6-8(3)7-5-2;1-5(2,3)4-6;1-2/h4-9H,3H2,1-2H3;5,7H,3,6H2,1-2,4H3;8H,4-7H2,1-3H3;6H,4H2,1-3H3;1-2H3/b;9-5-,10-7?;;;. The van der Waals surface area contributed by atoms with Crippen LogP contribution in [0.3, 0.4) is 0 Å². The van der Waals surface area contributed by atoms with Crippen LogP contribution in [0.4, 0.5) is 10.1 Å². The van der Waals surface area contributed by atoms with E-state index in [-0.39, 0.29) is 17.8 Å². The number of hydrogen-bond acceptors (Lipinski definition) is 4. The number of allylic oxidation sites excluding steroid dienone is 3. The maximum Gasteiger partial charge on any atom is 0.159 e. The van der Waals surface area contributed by atoms with E-state index in [0.29, 0.717) is 11.1 Å². The number of hydrogen-bond donors (Lipinski definition) is 1. The lowest BCUT2D eigenvalue weighted by molar-refractivity contribution is 0.101. The summed E-state index contributed by atoms with van der Waals surface area (Å²) >= 11 is 0. The minimum Gasteiger partial charge on any atom is -0.396 e. The van der Waals surface area contributed by atoms with E-state index < -0.39 is 5.82 Å². The normalized spacial score (nSPS) is 10.7. The molecule has 2 rings (SSSR count). The van der Waals surface area contributed by atoms with Crippen molar-refractivity contribution in [3.63, 3.8) is 0 Å². The van der Waals surface area contributed by atoms with Crippen LogP contribution in [0.1, 0.15) is 131 Å². The van der Waals surface area contributed by atoms with Gasteiger partial charge >= 0.3 is 0 Å². The molecular formula is C40H65FN2O2. The molecule has 0 aliphatic rings. The first-order chi connectivity index (χ1) is 21.1. The topological polar surface area (TPSA) is 62.0 Å². The summed E-state index contributed by atoms with van der Waals surface area (Å²) in [5.41, 5.74) is 5.47. The molecule has 0 atom stereocenters. The van der Waals surface area contributed by atoms with Gasteiger partial charge in [0.25, 0.3) is 0 Å². The number of aliphatic hydroxyl groups excluding tert-OH is 1. The molecule has 0 saturated heterocycles. The van der Waals surface area contributed by atoms with Gasteiger partial charge in [0.05, 0.1) is 5.69 Å². The van der Waals surface area contributed by atoms with Crippen molar-refractivity contribution in [1.29, 1.82) is 0 Å². The first kappa shape index (κ1) is 46.2. The third kappa shape index (κ3) is 23.8. The van der Waals surface area contributed by atoms with Crippen molar-refractivity contribution in [3.8, 4) is 11.1 Å². The summed E-state index contributed by atoms with van der Waals surface area (Å²) in [6.45, 7) is 33.6. The van der Waals surface area contributed by atoms with Crippen LogP contribution < -0.4 is 0 Å². The summed E-state index contributed by atoms with van der Waals surface area (Å²) in [6.07, 6.45) is 10.5. The maximum atomic E-state index is 14.0. The summed E-state index contributed by atoms with van der Waals surface area (Å²) in [5, 5.41) is 8.40. The fraction of sp³-hybridized carbons (Fsp3) is 0.525. The van der Waals surface area contributed by atoms with Gasteiger partial charge in [-0.1, -0.05) is 125 Å². The van der Waals surface area contributed by atoms with E-state index in [1.165, 1.54) is 44.2 Å². The van der Waals surface area contributed by atoms with Crippen LogP contribution in [-0.2, 0) is 0 Å². The summed E-state index contributed by atoms with van der Waals surface area (Å²) in [6, 6.07) is 9.99. The first-order valence-corrected chi connectivity index (χ1v) is 16.4. The van der Waals surface area contributed by atoms with Crippen molar-refractivity contribution < 1.29 is 14.3 Å². The van der Waals surface area contributed by atoms with E-state index in [0.717, 1.165) is 34.9 Å². The molecule has 0 bridgehead atoms. The van der Waals surface area contributed by atoms with Gasteiger partial charge < -0.3 is 5.11 Å². The number of nitrogens with zero attached hydrogens (tertiary/aromatic N) is 2. The molecule has 0 aliphatic heterocycles. The summed E-state index contributed by atoms with van der Waals surface area (Å²) in [4.78, 5) is 19.2. The highest BCUT2D eigenvalue weighted by Gasteiger charge is 2.09. The number of benzene rings is 2. The van der Waals surface area contributed by atoms with E-state index in [9.17, 15) is 9.18 Å². The lowest BCUT2D eigenvalue weighted by atomic mass is 9.99. The number of aliphatic imine (C=N–C) groups is 2. The molecule has 0 aromatic heterocycles. The lowest BCUT2D eigenvalue weighted by Crippen LogP contribution is -2.09. The largest absolute Gasteiger partial charge is 0.396 e. The molecule has 0 aliphatic carbocycles. The molecule has 0 amide bonds. The van der Waals surface area contributed by atoms with E-state index in [4.69, 9.17) is 5.11 Å². The Morgan fingerprint density at radius 1 is 1.02 bits per heavy atom. The molecule has 0 radical (unpaired) electrons. The van der Waals surface area contributed by atoms with Crippen molar-refractivity contribution in [2.45, 2.75) is 122 Å². The van der Waals surface area contributed by atoms with Gasteiger partial charge in [0.1, 0.15) is 5.82 Å². The quantitative estimate of drug-likeness (QED) is 0.211. The van der Waals surface area contributed by atoms with Gasteiger partial charge in [-0.25, -0.2) is 4.39 Å². The van der Waals surface area contributed by atoms with Crippen LogP contribution in [-0.4, -0.2) is 30.4 Å². The van der Waals surface area contributed by atoms with Gasteiger partial charge in [-0.15, -0.1) is 0 Å². The first-order valence-electron chi connectivity index (χ1n) is 16.4. The number of ketones is 1. The zero-order chi connectivity index (χ0) is 35.6. The Hall–Kier alpha value is -3.18. The Labute approximate surface area is 276 Å². The van der Waals surface area contributed by atoms with Gasteiger partial charge in [-0.2, -0.15) is 0 Å². The van der Waals surface area contributed by atoms with Gasteiger partial charge in [-0.05, 0) is 81.0 Å². The fourth-order valence-corrected chi connectivity index (χ4v) is 3.61. The summed E-state index contributed by atoms with van der Waals surface area (Å²) in [5.74, 6) is 0.402. The average Bonchev–Trinajstić information content (AvgIpc) is 3.00. The smallest absolute Gasteiger partial charge is 0.159 e. The zero-order valence-corrected chi connectivity index (χ0v) is 31.0. The molecule has 1 N–H and O–H groups in total. The highest BCUT2D eigenvalue weighted by atomic mass is 19.1. The fourth-order valence-electron chi connectivity index (χ4n) is 3.61. The number of halogens is 1. The predicted octanol–water partition coefficient (Wildman–Crippen LogP) is 12.6. The van der Waals surface area contributed by atoms with Crippen LogP contribution in [0.15, 0.2) is 70.3 Å². The summed E-state index contributed by atoms with van der Waals surface area (Å²) < 4.78 is 14.0. The molecule has 0 spiro atoms. The van der Waals surface area contributed by atoms with Crippen molar-refractivity contribution in [2.75, 3.05) is 6.61 Å². The van der Waals surface area contributed by atoms with Gasteiger partial charge in [0.15, 0.2) is 5.78 Å². The molecule has 5 heteroatoms. The number of aliphatic hydroxyl groups is 1. The Balaban J connectivity index is -0.000000574. The molecule has 2 aromatic carbocycles. The van der Waals surface area contributed by atoms with Crippen LogP contribution in [0.2, 0.25) is 0 Å². The number of rotatable bonds is 10. The second kappa shape index (κ2) is 27.2. The third-order valence-corrected chi connectivity index (χ3v) is 6.33. The molecule has 4 nitrogen and oxygen atoms in total. The Morgan fingerprint density at radius 3 is 1.91 bits per heavy atom. The van der Waals surface area contributed by atoms with Crippen LogP contribution >= 0.6 is 0 Å². The molecule has 45 heavy (non-hydrogen) atoms. The van der Waals surface area contributed by atoms with Crippen LogP contribution in [0.25, 0.3) is 11.1 Å². The molecule has 2 aromatic rings. The molecule has 0 saturated carbocycles. The Morgan fingerprint density at radius 2 is 1.56 bits per heavy atom. The van der Waals surface area contributed by atoms with Gasteiger partial charge in [0, 0.05) is 29.6 Å². The van der Waals surface area contributed by atoms with E-state index in [2.05, 4.69) is 57.1 Å². The lowest BCUT2D eigenvalue weighted by Gasteiger charge is -2.11. The van der Waals surface area contributed by atoms with Crippen LogP contribution in [0.5, 0.6) is 0 Å². The number of carbonyl (C=O) groups is 1. The Bertz CT molecular complexity index is 1170. The van der Waals surface area contributed by atoms with E-state index in [1.54, 1.807) is 18.2 Å². The predicted molar refractivity (Wildman–Crippen MR) is 200 cm³/mol. The Kier molecular flexibility index (Phi) is 27.9. The van der Waals surface area contributed by atoms with E-state index >= 15 is 0 Å². The second-order valence-electron chi connectivity index (χ2n) is 12.0. The highest BCUT2D eigenvalue weighted by Crippen LogP contribution is 2.29. The molecule has 0 heterocycles. The summed E-state index contributed by atoms with van der Waals surface area (Å²) in [7, 11) is 0. The van der Waals surface area contributed by atoms with Crippen LogP contribution in [0, 0.1) is 24.1 Å². The average molecular weight is 625 g/mol. The SMILES string of the molecule is C=C(C)N=C/C(=C\C)CC.C=Nc1cc(-c2ccc(C(C)=O)cc2F)ccc1C.CC.CC(C)(C)CO.CCCC(C)CCC.